The molecular formula is C27H26F3N7O4S. The van der Waals surface area contributed by atoms with Crippen LogP contribution in [0.4, 0.5) is 24.8 Å². The summed E-state index contributed by atoms with van der Waals surface area (Å²) in [5.74, 6) is -1.24. The average Bonchev–Trinajstić information content (AvgIpc) is 3.33. The van der Waals surface area contributed by atoms with Crippen LogP contribution in [0.3, 0.4) is 0 Å². The number of alkyl halides is 3. The standard InChI is InChI=1S/C27H26F3N7O4S/c1-42(40,41)36-26(39)18-4-2-3-17(13-18)24-35-21(22-23(31)33-11-12-37(22)24)15-5-7-16(8-6-15)25(38)34-20-14-19(9-10-32-20)27(28,29)30/h5-12,14,17-18H,2-4,13H2,1H3,(H2,31,33)(H,36,39)(H,32,34,38)/t17-,18+/m1/s1. The van der Waals surface area contributed by atoms with Gasteiger partial charge in [0.05, 0.1) is 11.8 Å². The number of rotatable bonds is 6. The molecule has 0 bridgehead atoms. The van der Waals surface area contributed by atoms with Crippen LogP contribution in [-0.4, -0.2) is 45.8 Å². The van der Waals surface area contributed by atoms with E-state index in [1.807, 2.05) is 0 Å². The number of nitrogens with two attached hydrogens (primary N) is 1. The lowest BCUT2D eigenvalue weighted by Gasteiger charge is -2.27. The van der Waals surface area contributed by atoms with E-state index in [0.717, 1.165) is 31.0 Å². The number of pyridine rings is 1. The summed E-state index contributed by atoms with van der Waals surface area (Å²) in [5, 5.41) is 2.37. The maximum atomic E-state index is 13.0. The van der Waals surface area contributed by atoms with Gasteiger partial charge in [-0.1, -0.05) is 18.6 Å². The summed E-state index contributed by atoms with van der Waals surface area (Å²) >= 11 is 0. The lowest BCUT2D eigenvalue weighted by atomic mass is 9.80. The summed E-state index contributed by atoms with van der Waals surface area (Å²) < 4.78 is 66.0. The number of hydrogen-bond acceptors (Lipinski definition) is 8. The number of carbonyl (C=O) groups excluding carboxylic acids is 2. The van der Waals surface area contributed by atoms with Crippen LogP contribution in [0, 0.1) is 5.92 Å². The van der Waals surface area contributed by atoms with Crippen molar-refractivity contribution in [2.75, 3.05) is 17.3 Å². The normalized spacial score (nSPS) is 17.6. The number of carbonyl (C=O) groups is 2. The smallest absolute Gasteiger partial charge is 0.382 e. The number of nitrogen functional groups attached to an aromatic ring is 1. The predicted octanol–water partition coefficient (Wildman–Crippen LogP) is 3.99. The number of halogens is 3. The fourth-order valence-corrected chi connectivity index (χ4v) is 5.68. The molecule has 1 aromatic carbocycles. The fraction of sp³-hybridized carbons (Fsp3) is 0.296. The summed E-state index contributed by atoms with van der Waals surface area (Å²) in [7, 11) is -3.68. The van der Waals surface area contributed by atoms with Crippen molar-refractivity contribution >= 4 is 39.0 Å². The van der Waals surface area contributed by atoms with Gasteiger partial charge in [0.1, 0.15) is 28.7 Å². The summed E-state index contributed by atoms with van der Waals surface area (Å²) in [4.78, 5) is 38.1. The quantitative estimate of drug-likeness (QED) is 0.299. The molecule has 1 fully saturated rings. The molecular weight excluding hydrogens is 575 g/mol. The fourth-order valence-electron chi connectivity index (χ4n) is 5.15. The van der Waals surface area contributed by atoms with E-state index in [2.05, 4.69) is 20.0 Å². The van der Waals surface area contributed by atoms with Crippen LogP contribution in [0.5, 0.6) is 0 Å². The van der Waals surface area contributed by atoms with Gasteiger partial charge in [0.15, 0.2) is 0 Å². The van der Waals surface area contributed by atoms with Crippen LogP contribution in [0.2, 0.25) is 0 Å². The Hall–Kier alpha value is -4.53. The maximum Gasteiger partial charge on any atom is 0.416 e. The number of nitrogens with one attached hydrogen (secondary N) is 2. The molecule has 0 saturated heterocycles. The molecule has 1 aliphatic carbocycles. The number of fused-ring (bicyclic) bond motifs is 1. The van der Waals surface area contributed by atoms with Crippen LogP contribution >= 0.6 is 0 Å². The minimum Gasteiger partial charge on any atom is -0.382 e. The molecule has 0 radical (unpaired) electrons. The average molecular weight is 602 g/mol. The molecule has 42 heavy (non-hydrogen) atoms. The third kappa shape index (κ3) is 6.20. The van der Waals surface area contributed by atoms with Gasteiger partial charge in [0, 0.05) is 41.6 Å². The molecule has 3 heterocycles. The summed E-state index contributed by atoms with van der Waals surface area (Å²) in [5.41, 5.74) is 7.11. The van der Waals surface area contributed by atoms with Gasteiger partial charge in [0.2, 0.25) is 15.9 Å². The monoisotopic (exact) mass is 601 g/mol. The van der Waals surface area contributed by atoms with Crippen LogP contribution in [0.15, 0.2) is 55.0 Å². The number of sulfonamides is 1. The van der Waals surface area contributed by atoms with Crippen molar-refractivity contribution in [2.45, 2.75) is 37.8 Å². The van der Waals surface area contributed by atoms with E-state index in [1.165, 1.54) is 18.3 Å². The van der Waals surface area contributed by atoms with Crippen LogP contribution in [-0.2, 0) is 21.0 Å². The Morgan fingerprint density at radius 1 is 1.07 bits per heavy atom. The highest BCUT2D eigenvalue weighted by molar-refractivity contribution is 7.89. The molecule has 2 atom stereocenters. The van der Waals surface area contributed by atoms with E-state index in [4.69, 9.17) is 10.7 Å². The van der Waals surface area contributed by atoms with Crippen molar-refractivity contribution in [3.05, 3.63) is 71.9 Å². The largest absolute Gasteiger partial charge is 0.416 e. The van der Waals surface area contributed by atoms with E-state index in [-0.39, 0.29) is 23.1 Å². The van der Waals surface area contributed by atoms with Crippen LogP contribution in [0.25, 0.3) is 16.8 Å². The van der Waals surface area contributed by atoms with Gasteiger partial charge < -0.3 is 11.1 Å². The zero-order valence-electron chi connectivity index (χ0n) is 22.2. The van der Waals surface area contributed by atoms with Gasteiger partial charge in [0.25, 0.3) is 5.91 Å². The molecule has 1 aliphatic rings. The lowest BCUT2D eigenvalue weighted by molar-refractivity contribution is -0.137. The second-order valence-corrected chi connectivity index (χ2v) is 11.9. The van der Waals surface area contributed by atoms with Gasteiger partial charge in [-0.2, -0.15) is 13.2 Å². The Bertz CT molecular complexity index is 1770. The minimum absolute atomic E-state index is 0.165. The van der Waals surface area contributed by atoms with E-state index in [1.54, 1.807) is 22.7 Å². The minimum atomic E-state index is -4.58. The number of anilines is 2. The molecule has 5 rings (SSSR count). The Labute approximate surface area is 238 Å². The number of aromatic nitrogens is 4. The molecule has 15 heteroatoms. The third-order valence-corrected chi connectivity index (χ3v) is 7.63. The van der Waals surface area contributed by atoms with E-state index in [9.17, 15) is 31.2 Å². The molecule has 0 aliphatic heterocycles. The van der Waals surface area contributed by atoms with Gasteiger partial charge in [-0.25, -0.2) is 23.4 Å². The molecule has 2 amide bonds. The molecule has 4 N–H and O–H groups in total. The van der Waals surface area contributed by atoms with Crippen LogP contribution in [0.1, 0.15) is 53.3 Å². The molecule has 4 aromatic rings. The zero-order chi connectivity index (χ0) is 30.2. The first kappa shape index (κ1) is 29.0. The topological polar surface area (TPSA) is 161 Å². The first-order valence-electron chi connectivity index (χ1n) is 12.9. The first-order valence-corrected chi connectivity index (χ1v) is 14.8. The third-order valence-electron chi connectivity index (χ3n) is 7.06. The van der Waals surface area contributed by atoms with Gasteiger partial charge in [-0.05, 0) is 43.5 Å². The Balaban J connectivity index is 1.41. The number of hydrogen-bond donors (Lipinski definition) is 3. The highest BCUT2D eigenvalue weighted by Gasteiger charge is 2.33. The Kier molecular flexibility index (Phi) is 7.62. The molecule has 1 saturated carbocycles. The van der Waals surface area contributed by atoms with Crippen molar-refractivity contribution in [3.63, 3.8) is 0 Å². The van der Waals surface area contributed by atoms with Gasteiger partial charge in [-0.3, -0.25) is 18.7 Å². The molecule has 0 spiro atoms. The van der Waals surface area contributed by atoms with Crippen molar-refractivity contribution in [1.82, 2.24) is 24.1 Å². The number of nitrogens with zero attached hydrogens (tertiary/aromatic N) is 4. The number of benzene rings is 1. The SMILES string of the molecule is CS(=O)(=O)NC(=O)[C@H]1CCC[C@@H](c2nc(-c3ccc(C(=O)Nc4cc(C(F)(F)F)ccn4)cc3)c3c(N)nccn23)C1. The Morgan fingerprint density at radius 3 is 2.50 bits per heavy atom. The highest BCUT2D eigenvalue weighted by atomic mass is 32.2. The number of imidazole rings is 1. The van der Waals surface area contributed by atoms with Crippen molar-refractivity contribution in [3.8, 4) is 11.3 Å². The zero-order valence-corrected chi connectivity index (χ0v) is 23.0. The van der Waals surface area contributed by atoms with Crippen molar-refractivity contribution < 1.29 is 31.2 Å². The van der Waals surface area contributed by atoms with E-state index >= 15 is 0 Å². The summed E-state index contributed by atoms with van der Waals surface area (Å²) in [6, 6.07) is 7.84. The van der Waals surface area contributed by atoms with Crippen LogP contribution < -0.4 is 15.8 Å². The lowest BCUT2D eigenvalue weighted by Crippen LogP contribution is -2.37. The van der Waals surface area contributed by atoms with Crippen molar-refractivity contribution in [2.24, 2.45) is 5.92 Å². The van der Waals surface area contributed by atoms with E-state index in [0.29, 0.717) is 41.9 Å². The Morgan fingerprint density at radius 2 is 1.81 bits per heavy atom. The molecule has 0 unspecified atom stereocenters. The molecule has 220 valence electrons. The molecule has 3 aromatic heterocycles. The van der Waals surface area contributed by atoms with Crippen molar-refractivity contribution in [1.29, 1.82) is 0 Å². The summed E-state index contributed by atoms with van der Waals surface area (Å²) in [6.07, 6.45) is 2.94. The second-order valence-electron chi connectivity index (χ2n) is 10.1. The van der Waals surface area contributed by atoms with Gasteiger partial charge >= 0.3 is 6.18 Å². The highest BCUT2D eigenvalue weighted by Crippen LogP contribution is 2.39. The van der Waals surface area contributed by atoms with E-state index < -0.39 is 39.5 Å². The predicted molar refractivity (Wildman–Crippen MR) is 148 cm³/mol. The number of amides is 2. The summed E-state index contributed by atoms with van der Waals surface area (Å²) in [6.45, 7) is 0. The first-order chi connectivity index (χ1) is 19.8. The maximum absolute atomic E-state index is 13.0. The van der Waals surface area contributed by atoms with Gasteiger partial charge in [-0.15, -0.1) is 0 Å². The second kappa shape index (κ2) is 11.0. The molecule has 11 nitrogen and oxygen atoms in total.